The van der Waals surface area contributed by atoms with Gasteiger partial charge < -0.3 is 9.64 Å². The molecule has 0 heterocycles. The van der Waals surface area contributed by atoms with E-state index in [1.165, 1.54) is 31.2 Å². The number of halogens is 2. The summed E-state index contributed by atoms with van der Waals surface area (Å²) in [6.45, 7) is -0.210. The Morgan fingerprint density at radius 3 is 2.65 bits per heavy atom. The largest absolute Gasteiger partial charge is 0.468 e. The Kier molecular flexibility index (Phi) is 3.99. The number of anilines is 1. The van der Waals surface area contributed by atoms with Gasteiger partial charge in [0.25, 0.3) is 0 Å². The van der Waals surface area contributed by atoms with Crippen LogP contribution < -0.4 is 4.90 Å². The van der Waals surface area contributed by atoms with Crippen LogP contribution in [0.25, 0.3) is 0 Å². The normalized spacial score (nSPS) is 9.59. The van der Waals surface area contributed by atoms with Crippen molar-refractivity contribution in [2.75, 3.05) is 25.6 Å². The maximum Gasteiger partial charge on any atom is 0.325 e. The fraction of sp³-hybridized carbons (Fsp3) is 0.273. The SMILES string of the molecule is COC(=O)CN(C)c1ccc(C#N)c(F)c1F. The van der Waals surface area contributed by atoms with E-state index in [1.807, 2.05) is 0 Å². The lowest BCUT2D eigenvalue weighted by Crippen LogP contribution is -2.27. The maximum absolute atomic E-state index is 13.5. The predicted molar refractivity (Wildman–Crippen MR) is 56.4 cm³/mol. The highest BCUT2D eigenvalue weighted by Gasteiger charge is 2.17. The zero-order valence-corrected chi connectivity index (χ0v) is 9.33. The molecule has 1 aromatic carbocycles. The Morgan fingerprint density at radius 2 is 2.12 bits per heavy atom. The third kappa shape index (κ3) is 2.69. The number of benzene rings is 1. The van der Waals surface area contributed by atoms with E-state index in [0.29, 0.717) is 0 Å². The Balaban J connectivity index is 3.04. The highest BCUT2D eigenvalue weighted by atomic mass is 19.2. The van der Waals surface area contributed by atoms with E-state index in [0.717, 1.165) is 6.07 Å². The molecule has 4 nitrogen and oxygen atoms in total. The standard InChI is InChI=1S/C11H10F2N2O2/c1-15(6-9(16)17-2)8-4-3-7(5-14)10(12)11(8)13/h3-4H,6H2,1-2H3. The van der Waals surface area contributed by atoms with Crippen LogP contribution in [0.5, 0.6) is 0 Å². The molecule has 0 unspecified atom stereocenters. The molecule has 0 aromatic heterocycles. The van der Waals surface area contributed by atoms with E-state index in [1.54, 1.807) is 0 Å². The summed E-state index contributed by atoms with van der Waals surface area (Å²) in [5, 5.41) is 8.51. The third-order valence-electron chi connectivity index (χ3n) is 2.19. The molecule has 0 amide bonds. The average Bonchev–Trinajstić information content (AvgIpc) is 2.32. The minimum Gasteiger partial charge on any atom is -0.468 e. The van der Waals surface area contributed by atoms with Crippen molar-refractivity contribution in [1.29, 1.82) is 5.26 Å². The van der Waals surface area contributed by atoms with Gasteiger partial charge in [0.05, 0.1) is 18.4 Å². The first-order valence-corrected chi connectivity index (χ1v) is 4.67. The van der Waals surface area contributed by atoms with Crippen LogP contribution in [0, 0.1) is 23.0 Å². The molecule has 6 heteroatoms. The molecular weight excluding hydrogens is 230 g/mol. The predicted octanol–water partition coefficient (Wildman–Crippen LogP) is 1.45. The number of carbonyl (C=O) groups is 1. The Hall–Kier alpha value is -2.16. The minimum absolute atomic E-state index is 0.105. The van der Waals surface area contributed by atoms with Gasteiger partial charge in [0, 0.05) is 7.05 Å². The van der Waals surface area contributed by atoms with Gasteiger partial charge >= 0.3 is 5.97 Å². The molecule has 0 aliphatic heterocycles. The molecule has 90 valence electrons. The van der Waals surface area contributed by atoms with Gasteiger partial charge in [-0.1, -0.05) is 0 Å². The van der Waals surface area contributed by atoms with Gasteiger partial charge in [-0.05, 0) is 12.1 Å². The van der Waals surface area contributed by atoms with Gasteiger partial charge in [-0.15, -0.1) is 0 Å². The summed E-state index contributed by atoms with van der Waals surface area (Å²) >= 11 is 0. The van der Waals surface area contributed by atoms with Crippen LogP contribution in [0.3, 0.4) is 0 Å². The van der Waals surface area contributed by atoms with Crippen molar-refractivity contribution in [2.24, 2.45) is 0 Å². The number of carbonyl (C=O) groups excluding carboxylic acids is 1. The number of likely N-dealkylation sites (N-methyl/N-ethyl adjacent to an activating group) is 1. The lowest BCUT2D eigenvalue weighted by atomic mass is 10.2. The maximum atomic E-state index is 13.5. The Bertz CT molecular complexity index is 483. The highest BCUT2D eigenvalue weighted by Crippen LogP contribution is 2.22. The molecule has 0 N–H and O–H groups in total. The molecular formula is C11H10F2N2O2. The monoisotopic (exact) mass is 240 g/mol. The van der Waals surface area contributed by atoms with E-state index in [2.05, 4.69) is 4.74 Å². The highest BCUT2D eigenvalue weighted by molar-refractivity contribution is 5.75. The second-order valence-corrected chi connectivity index (χ2v) is 3.30. The second kappa shape index (κ2) is 5.25. The quantitative estimate of drug-likeness (QED) is 0.750. The van der Waals surface area contributed by atoms with Gasteiger partial charge in [-0.25, -0.2) is 8.78 Å². The molecule has 0 bridgehead atoms. The van der Waals surface area contributed by atoms with E-state index in [9.17, 15) is 13.6 Å². The number of methoxy groups -OCH3 is 1. The van der Waals surface area contributed by atoms with Crippen LogP contribution >= 0.6 is 0 Å². The fourth-order valence-corrected chi connectivity index (χ4v) is 1.26. The Morgan fingerprint density at radius 1 is 1.47 bits per heavy atom. The van der Waals surface area contributed by atoms with Crippen molar-refractivity contribution in [1.82, 2.24) is 0 Å². The van der Waals surface area contributed by atoms with Gasteiger partial charge in [-0.2, -0.15) is 5.26 Å². The number of hydrogen-bond acceptors (Lipinski definition) is 4. The summed E-state index contributed by atoms with van der Waals surface area (Å²) in [7, 11) is 2.62. The van der Waals surface area contributed by atoms with Crippen LogP contribution in [0.4, 0.5) is 14.5 Å². The third-order valence-corrected chi connectivity index (χ3v) is 2.19. The van der Waals surface area contributed by atoms with Crippen molar-refractivity contribution in [3.63, 3.8) is 0 Å². The molecule has 0 saturated heterocycles. The van der Waals surface area contributed by atoms with Gasteiger partial charge in [-0.3, -0.25) is 4.79 Å². The van der Waals surface area contributed by atoms with Crippen molar-refractivity contribution in [2.45, 2.75) is 0 Å². The number of rotatable bonds is 3. The van der Waals surface area contributed by atoms with Crippen LogP contribution in [0.15, 0.2) is 12.1 Å². The lowest BCUT2D eigenvalue weighted by molar-refractivity contribution is -0.138. The summed E-state index contributed by atoms with van der Waals surface area (Å²) in [6, 6.07) is 3.92. The van der Waals surface area contributed by atoms with E-state index in [-0.39, 0.29) is 17.8 Å². The Labute approximate surface area is 97.0 Å². The molecule has 1 rings (SSSR count). The number of esters is 1. The van der Waals surface area contributed by atoms with E-state index in [4.69, 9.17) is 5.26 Å². The van der Waals surface area contributed by atoms with Crippen LogP contribution in [0.2, 0.25) is 0 Å². The van der Waals surface area contributed by atoms with Gasteiger partial charge in [0.15, 0.2) is 11.6 Å². The number of ether oxygens (including phenoxy) is 1. The van der Waals surface area contributed by atoms with Crippen molar-refractivity contribution >= 4 is 11.7 Å². The van der Waals surface area contributed by atoms with Crippen molar-refractivity contribution < 1.29 is 18.3 Å². The molecule has 0 atom stereocenters. The van der Waals surface area contributed by atoms with Crippen LogP contribution in [-0.4, -0.2) is 26.7 Å². The van der Waals surface area contributed by atoms with Crippen LogP contribution in [-0.2, 0) is 9.53 Å². The topological polar surface area (TPSA) is 53.3 Å². The fourth-order valence-electron chi connectivity index (χ4n) is 1.26. The average molecular weight is 240 g/mol. The molecule has 1 aromatic rings. The first-order valence-electron chi connectivity index (χ1n) is 4.67. The molecule has 0 aliphatic rings. The number of nitriles is 1. The van der Waals surface area contributed by atoms with Crippen LogP contribution in [0.1, 0.15) is 5.56 Å². The summed E-state index contributed by atoms with van der Waals surface area (Å²) in [5.41, 5.74) is -0.482. The van der Waals surface area contributed by atoms with E-state index < -0.39 is 17.6 Å². The zero-order chi connectivity index (χ0) is 13.0. The van der Waals surface area contributed by atoms with Gasteiger partial charge in [0.1, 0.15) is 12.6 Å². The summed E-state index contributed by atoms with van der Waals surface area (Å²) in [5.74, 6) is -2.95. The smallest absolute Gasteiger partial charge is 0.325 e. The number of nitrogens with zero attached hydrogens (tertiary/aromatic N) is 2. The zero-order valence-electron chi connectivity index (χ0n) is 9.33. The molecule has 0 radical (unpaired) electrons. The van der Waals surface area contributed by atoms with Gasteiger partial charge in [0.2, 0.25) is 0 Å². The number of hydrogen-bond donors (Lipinski definition) is 0. The first-order chi connectivity index (χ1) is 8.01. The summed E-state index contributed by atoms with van der Waals surface area (Å²) < 4.78 is 31.2. The second-order valence-electron chi connectivity index (χ2n) is 3.30. The first kappa shape index (κ1) is 12.9. The lowest BCUT2D eigenvalue weighted by Gasteiger charge is -2.18. The summed E-state index contributed by atoms with van der Waals surface area (Å²) in [6.07, 6.45) is 0. The van der Waals surface area contributed by atoms with E-state index >= 15 is 0 Å². The molecule has 17 heavy (non-hydrogen) atoms. The van der Waals surface area contributed by atoms with Crippen molar-refractivity contribution in [3.05, 3.63) is 29.3 Å². The molecule has 0 fully saturated rings. The molecule has 0 saturated carbocycles. The van der Waals surface area contributed by atoms with Crippen molar-refractivity contribution in [3.8, 4) is 6.07 Å². The molecule has 0 spiro atoms. The minimum atomic E-state index is -1.22. The summed E-state index contributed by atoms with van der Waals surface area (Å²) in [4.78, 5) is 12.2. The molecule has 0 aliphatic carbocycles.